The second kappa shape index (κ2) is 2.69. The number of hydrogen-bond acceptors (Lipinski definition) is 4. The van der Waals surface area contributed by atoms with E-state index in [9.17, 15) is 0 Å². The summed E-state index contributed by atoms with van der Waals surface area (Å²) < 4.78 is 5.63. The number of hydrogen-bond donors (Lipinski definition) is 2. The van der Waals surface area contributed by atoms with Crippen LogP contribution in [0.1, 0.15) is 12.8 Å². The van der Waals surface area contributed by atoms with Crippen molar-refractivity contribution in [3.05, 3.63) is 0 Å². The molecule has 2 saturated heterocycles. The van der Waals surface area contributed by atoms with E-state index in [1.165, 1.54) is 0 Å². The van der Waals surface area contributed by atoms with E-state index in [1.54, 1.807) is 0 Å². The molecule has 0 aliphatic carbocycles. The smallest absolute Gasteiger partial charge is 0.205 e. The van der Waals surface area contributed by atoms with Crippen LogP contribution in [0.25, 0.3) is 0 Å². The van der Waals surface area contributed by atoms with Gasteiger partial charge in [0, 0.05) is 32.1 Å². The minimum atomic E-state index is 0.0467. The number of rotatable bonds is 1. The monoisotopic (exact) mass is 181 g/mol. The molecule has 3 heterocycles. The van der Waals surface area contributed by atoms with Crippen LogP contribution in [0, 0.1) is 0 Å². The summed E-state index contributed by atoms with van der Waals surface area (Å²) in [6, 6.07) is 0.633. The molecule has 2 N–H and O–H groups in total. The van der Waals surface area contributed by atoms with Crippen molar-refractivity contribution in [2.75, 3.05) is 26.2 Å². The molecule has 0 spiro atoms. The second-order valence-corrected chi connectivity index (χ2v) is 4.13. The van der Waals surface area contributed by atoms with E-state index in [4.69, 9.17) is 4.74 Å². The maximum atomic E-state index is 5.63. The van der Waals surface area contributed by atoms with Gasteiger partial charge in [-0.3, -0.25) is 4.99 Å². The van der Waals surface area contributed by atoms with Crippen LogP contribution in [0.4, 0.5) is 0 Å². The van der Waals surface area contributed by atoms with Gasteiger partial charge in [-0.05, 0) is 6.42 Å². The summed E-state index contributed by atoms with van der Waals surface area (Å²) in [4.78, 5) is 4.47. The lowest BCUT2D eigenvalue weighted by Gasteiger charge is -2.30. The highest BCUT2D eigenvalue weighted by Crippen LogP contribution is 2.28. The largest absolute Gasteiger partial charge is 0.480 e. The molecule has 3 aliphatic heterocycles. The summed E-state index contributed by atoms with van der Waals surface area (Å²) in [5.41, 5.74) is 0.0467. The van der Waals surface area contributed by atoms with Gasteiger partial charge in [-0.1, -0.05) is 0 Å². The Morgan fingerprint density at radius 2 is 2.54 bits per heavy atom. The van der Waals surface area contributed by atoms with Crippen LogP contribution >= 0.6 is 0 Å². The van der Waals surface area contributed by atoms with Gasteiger partial charge >= 0.3 is 0 Å². The van der Waals surface area contributed by atoms with Crippen molar-refractivity contribution in [3.63, 3.8) is 0 Å². The molecule has 2 fully saturated rings. The van der Waals surface area contributed by atoms with E-state index in [0.29, 0.717) is 6.04 Å². The lowest BCUT2D eigenvalue weighted by atomic mass is 9.99. The normalized spacial score (nSPS) is 43.1. The first-order valence-electron chi connectivity index (χ1n) is 5.05. The zero-order valence-electron chi connectivity index (χ0n) is 7.68. The minimum absolute atomic E-state index is 0.0467. The van der Waals surface area contributed by atoms with Crippen molar-refractivity contribution in [2.24, 2.45) is 4.99 Å². The fourth-order valence-corrected chi connectivity index (χ4v) is 2.47. The third-order valence-electron chi connectivity index (χ3n) is 3.18. The molecule has 0 saturated carbocycles. The van der Waals surface area contributed by atoms with Gasteiger partial charge in [-0.2, -0.15) is 0 Å². The van der Waals surface area contributed by atoms with Gasteiger partial charge < -0.3 is 15.4 Å². The third-order valence-corrected chi connectivity index (χ3v) is 3.18. The molecule has 2 atom stereocenters. The molecule has 4 nitrogen and oxygen atoms in total. The first kappa shape index (κ1) is 7.76. The van der Waals surface area contributed by atoms with Gasteiger partial charge in [-0.15, -0.1) is 0 Å². The van der Waals surface area contributed by atoms with Gasteiger partial charge in [0.1, 0.15) is 5.54 Å². The summed E-state index contributed by atoms with van der Waals surface area (Å²) in [6.45, 7) is 3.81. The number of piperazine rings is 1. The van der Waals surface area contributed by atoms with Crippen molar-refractivity contribution < 1.29 is 4.74 Å². The highest BCUT2D eigenvalue weighted by atomic mass is 16.5. The fourth-order valence-electron chi connectivity index (χ4n) is 2.47. The van der Waals surface area contributed by atoms with Crippen molar-refractivity contribution in [1.82, 2.24) is 10.6 Å². The zero-order valence-corrected chi connectivity index (χ0v) is 7.68. The Hall–Kier alpha value is -0.610. The molecule has 0 amide bonds. The van der Waals surface area contributed by atoms with E-state index < -0.39 is 0 Å². The van der Waals surface area contributed by atoms with Crippen LogP contribution in [-0.4, -0.2) is 43.7 Å². The number of aliphatic imine (C=N–C) groups is 1. The zero-order chi connectivity index (χ0) is 8.73. The van der Waals surface area contributed by atoms with Gasteiger partial charge in [0.25, 0.3) is 0 Å². The minimum Gasteiger partial charge on any atom is -0.480 e. The summed E-state index contributed by atoms with van der Waals surface area (Å²) >= 11 is 0. The second-order valence-electron chi connectivity index (χ2n) is 4.13. The van der Waals surface area contributed by atoms with E-state index in [1.807, 2.05) is 0 Å². The molecule has 3 rings (SSSR count). The first-order chi connectivity index (χ1) is 6.39. The lowest BCUT2D eigenvalue weighted by molar-refractivity contribution is 0.244. The summed E-state index contributed by atoms with van der Waals surface area (Å²) in [5, 5.41) is 6.99. The molecule has 0 radical (unpaired) electrons. The molecule has 0 aromatic rings. The van der Waals surface area contributed by atoms with Crippen molar-refractivity contribution in [1.29, 1.82) is 0 Å². The Kier molecular flexibility index (Phi) is 1.60. The predicted octanol–water partition coefficient (Wildman–Crippen LogP) is -0.491. The predicted molar refractivity (Wildman–Crippen MR) is 50.0 cm³/mol. The Morgan fingerprint density at radius 3 is 3.08 bits per heavy atom. The highest BCUT2D eigenvalue weighted by molar-refractivity contribution is 5.88. The van der Waals surface area contributed by atoms with Crippen molar-refractivity contribution >= 4 is 5.90 Å². The molecule has 72 valence electrons. The van der Waals surface area contributed by atoms with E-state index in [-0.39, 0.29) is 5.54 Å². The maximum Gasteiger partial charge on any atom is 0.205 e. The van der Waals surface area contributed by atoms with Crippen LogP contribution in [0.5, 0.6) is 0 Å². The first-order valence-corrected chi connectivity index (χ1v) is 5.05. The molecule has 3 aliphatic rings. The number of fused-ring (bicyclic) bond motifs is 2. The van der Waals surface area contributed by atoms with Gasteiger partial charge in [0.15, 0.2) is 0 Å². The van der Waals surface area contributed by atoms with Crippen LogP contribution in [0.3, 0.4) is 0 Å². The van der Waals surface area contributed by atoms with Gasteiger partial charge in [0.05, 0.1) is 6.61 Å². The van der Waals surface area contributed by atoms with Crippen LogP contribution < -0.4 is 10.6 Å². The third kappa shape index (κ3) is 1.09. The fraction of sp³-hybridized carbons (Fsp3) is 0.889. The average Bonchev–Trinajstić information content (AvgIpc) is 2.80. The molecular formula is C9H15N3O. The van der Waals surface area contributed by atoms with Crippen LogP contribution in [0.2, 0.25) is 0 Å². The molecule has 0 aromatic carbocycles. The van der Waals surface area contributed by atoms with Crippen LogP contribution in [0.15, 0.2) is 4.99 Å². The summed E-state index contributed by atoms with van der Waals surface area (Å²) in [6.07, 6.45) is 2.21. The number of ether oxygens (including phenoxy) is 1. The molecular weight excluding hydrogens is 166 g/mol. The SMILES string of the molecule is C1CN=C(C23CNC(CN2)C3)OC1. The number of nitrogens with one attached hydrogen (secondary N) is 2. The average molecular weight is 181 g/mol. The topological polar surface area (TPSA) is 45.7 Å². The van der Waals surface area contributed by atoms with Crippen molar-refractivity contribution in [3.8, 4) is 0 Å². The van der Waals surface area contributed by atoms with Crippen molar-refractivity contribution in [2.45, 2.75) is 24.4 Å². The summed E-state index contributed by atoms with van der Waals surface area (Å²) in [7, 11) is 0. The van der Waals surface area contributed by atoms with Gasteiger partial charge in [-0.25, -0.2) is 0 Å². The Labute approximate surface area is 77.7 Å². The maximum absolute atomic E-state index is 5.63. The standard InChI is InChI=1S/C9H15N3O/c1-2-10-8(13-3-1)9-4-7(5-12-9)11-6-9/h7,11-12H,1-6H2. The molecule has 2 unspecified atom stereocenters. The lowest BCUT2D eigenvalue weighted by Crippen LogP contribution is -2.56. The Morgan fingerprint density at radius 1 is 1.54 bits per heavy atom. The highest BCUT2D eigenvalue weighted by Gasteiger charge is 2.49. The number of nitrogens with zero attached hydrogens (tertiary/aromatic N) is 1. The Balaban J connectivity index is 1.86. The summed E-state index contributed by atoms with van der Waals surface area (Å²) in [5.74, 6) is 0.950. The van der Waals surface area contributed by atoms with E-state index >= 15 is 0 Å². The molecule has 2 bridgehead atoms. The van der Waals surface area contributed by atoms with E-state index in [2.05, 4.69) is 15.6 Å². The molecule has 13 heavy (non-hydrogen) atoms. The molecule has 0 aromatic heterocycles. The van der Waals surface area contributed by atoms with E-state index in [0.717, 1.165) is 45.0 Å². The molecule has 4 heteroatoms. The quantitative estimate of drug-likeness (QED) is 0.574. The Bertz CT molecular complexity index is 243. The van der Waals surface area contributed by atoms with Gasteiger partial charge in [0.2, 0.25) is 5.90 Å². The van der Waals surface area contributed by atoms with Crippen LogP contribution in [-0.2, 0) is 4.74 Å².